The molecule has 19 heavy (non-hydrogen) atoms. The van der Waals surface area contributed by atoms with Crippen molar-refractivity contribution >= 4 is 19.0 Å². The minimum atomic E-state index is -0.340. The maximum Gasteiger partial charge on any atom is 0.487 e. The molecule has 102 valence electrons. The molecule has 5 nitrogen and oxygen atoms in total. The number of hydrazine groups is 1. The van der Waals surface area contributed by atoms with E-state index < -0.39 is 0 Å². The molecule has 0 saturated carbocycles. The fourth-order valence-electron chi connectivity index (χ4n) is 1.79. The molecule has 0 aliphatic carbocycles. The van der Waals surface area contributed by atoms with Crippen molar-refractivity contribution < 1.29 is 9.31 Å². The van der Waals surface area contributed by atoms with Crippen LogP contribution in [0.3, 0.4) is 0 Å². The van der Waals surface area contributed by atoms with Gasteiger partial charge in [-0.15, -0.1) is 0 Å². The summed E-state index contributed by atoms with van der Waals surface area (Å²) in [5, 5.41) is 0. The maximum atomic E-state index is 5.88. The highest BCUT2D eigenvalue weighted by molar-refractivity contribution is 6.52. The molecule has 1 saturated heterocycles. The zero-order valence-electron chi connectivity index (χ0n) is 11.8. The highest BCUT2D eigenvalue weighted by Gasteiger charge is 2.49. The molecule has 0 radical (unpaired) electrons. The Bertz CT molecular complexity index is 473. The number of aromatic nitrogens is 1. The van der Waals surface area contributed by atoms with Crippen LogP contribution in [0.15, 0.2) is 24.3 Å². The van der Waals surface area contributed by atoms with Gasteiger partial charge in [0.1, 0.15) is 5.82 Å². The topological polar surface area (TPSA) is 69.4 Å². The Balaban J connectivity index is 2.08. The van der Waals surface area contributed by atoms with E-state index in [0.717, 1.165) is 5.56 Å². The van der Waals surface area contributed by atoms with Gasteiger partial charge in [0.05, 0.1) is 11.2 Å². The first-order valence-electron chi connectivity index (χ1n) is 6.30. The summed E-state index contributed by atoms with van der Waals surface area (Å²) in [6.07, 6.45) is 3.63. The lowest BCUT2D eigenvalue weighted by atomic mass is 9.89. The van der Waals surface area contributed by atoms with E-state index in [0.29, 0.717) is 5.82 Å². The summed E-state index contributed by atoms with van der Waals surface area (Å²) < 4.78 is 11.8. The highest BCUT2D eigenvalue weighted by atomic mass is 16.7. The van der Waals surface area contributed by atoms with E-state index >= 15 is 0 Å². The summed E-state index contributed by atoms with van der Waals surface area (Å²) in [5.41, 5.74) is 2.87. The van der Waals surface area contributed by atoms with Crippen LogP contribution < -0.4 is 11.3 Å². The highest BCUT2D eigenvalue weighted by Crippen LogP contribution is 2.36. The zero-order valence-corrected chi connectivity index (χ0v) is 11.8. The van der Waals surface area contributed by atoms with Crippen LogP contribution in [-0.2, 0) is 9.31 Å². The van der Waals surface area contributed by atoms with Crippen LogP contribution in [0, 0.1) is 0 Å². The van der Waals surface area contributed by atoms with E-state index in [2.05, 4.69) is 10.4 Å². The van der Waals surface area contributed by atoms with Crippen molar-refractivity contribution in [3.05, 3.63) is 29.9 Å². The van der Waals surface area contributed by atoms with Crippen molar-refractivity contribution in [2.24, 2.45) is 5.84 Å². The minimum Gasteiger partial charge on any atom is -0.400 e. The van der Waals surface area contributed by atoms with Crippen molar-refractivity contribution in [3.63, 3.8) is 0 Å². The Hall–Kier alpha value is -1.37. The third-order valence-electron chi connectivity index (χ3n) is 3.65. The maximum absolute atomic E-state index is 5.88. The monoisotopic (exact) mass is 261 g/mol. The Kier molecular flexibility index (Phi) is 3.67. The van der Waals surface area contributed by atoms with Gasteiger partial charge in [0.2, 0.25) is 0 Å². The molecule has 1 fully saturated rings. The summed E-state index contributed by atoms with van der Waals surface area (Å²) in [7, 11) is -0.340. The second-order valence-corrected chi connectivity index (χ2v) is 5.60. The first-order chi connectivity index (χ1) is 8.84. The Labute approximate surface area is 114 Å². The number of hydrogen-bond donors (Lipinski definition) is 2. The van der Waals surface area contributed by atoms with Crippen LogP contribution >= 0.6 is 0 Å². The van der Waals surface area contributed by atoms with Gasteiger partial charge in [0.25, 0.3) is 0 Å². The molecule has 0 unspecified atom stereocenters. The van der Waals surface area contributed by atoms with Gasteiger partial charge in [0, 0.05) is 6.20 Å². The Morgan fingerprint density at radius 3 is 2.47 bits per heavy atom. The first kappa shape index (κ1) is 14.1. The molecular weight excluding hydrogens is 241 g/mol. The van der Waals surface area contributed by atoms with Crippen LogP contribution in [0.4, 0.5) is 5.82 Å². The SMILES string of the molecule is CC1(C)OB(/C=C/c2ccnc(NN)c2)OC1(C)C. The third kappa shape index (κ3) is 2.97. The van der Waals surface area contributed by atoms with Crippen LogP contribution in [-0.4, -0.2) is 23.3 Å². The number of nitrogens with zero attached hydrogens (tertiary/aromatic N) is 1. The fourth-order valence-corrected chi connectivity index (χ4v) is 1.79. The lowest BCUT2D eigenvalue weighted by Crippen LogP contribution is -2.41. The van der Waals surface area contributed by atoms with E-state index in [1.54, 1.807) is 6.20 Å². The number of nitrogens with one attached hydrogen (secondary N) is 1. The molecule has 0 amide bonds. The predicted molar refractivity (Wildman–Crippen MR) is 77.2 cm³/mol. The number of nitrogen functional groups attached to an aromatic ring is 1. The first-order valence-corrected chi connectivity index (χ1v) is 6.30. The molecular formula is C13H20BN3O2. The molecule has 1 aliphatic rings. The molecule has 0 aromatic carbocycles. The molecule has 0 bridgehead atoms. The summed E-state index contributed by atoms with van der Waals surface area (Å²) in [6.45, 7) is 8.13. The Morgan fingerprint density at radius 2 is 1.89 bits per heavy atom. The summed E-state index contributed by atoms with van der Waals surface area (Å²) >= 11 is 0. The molecule has 0 spiro atoms. The van der Waals surface area contributed by atoms with Gasteiger partial charge in [-0.3, -0.25) is 0 Å². The van der Waals surface area contributed by atoms with Crippen molar-refractivity contribution in [2.45, 2.75) is 38.9 Å². The smallest absolute Gasteiger partial charge is 0.400 e. The molecule has 0 atom stereocenters. The normalized spacial score (nSPS) is 21.0. The molecule has 2 heterocycles. The van der Waals surface area contributed by atoms with Crippen LogP contribution in [0.1, 0.15) is 33.3 Å². The van der Waals surface area contributed by atoms with E-state index in [1.165, 1.54) is 0 Å². The number of rotatable bonds is 3. The molecule has 1 aromatic rings. The second kappa shape index (κ2) is 4.96. The molecule has 2 rings (SSSR count). The van der Waals surface area contributed by atoms with E-state index in [1.807, 2.05) is 51.9 Å². The van der Waals surface area contributed by atoms with E-state index in [9.17, 15) is 0 Å². The summed E-state index contributed by atoms with van der Waals surface area (Å²) in [5.74, 6) is 7.84. The lowest BCUT2D eigenvalue weighted by molar-refractivity contribution is 0.00578. The van der Waals surface area contributed by atoms with Gasteiger partial charge in [0.15, 0.2) is 0 Å². The zero-order chi connectivity index (χ0) is 14.1. The average Bonchev–Trinajstić information content (AvgIpc) is 2.56. The number of hydrogen-bond acceptors (Lipinski definition) is 5. The van der Waals surface area contributed by atoms with Gasteiger partial charge in [-0.1, -0.05) is 12.1 Å². The largest absolute Gasteiger partial charge is 0.487 e. The fraction of sp³-hybridized carbons (Fsp3) is 0.462. The van der Waals surface area contributed by atoms with E-state index in [4.69, 9.17) is 15.2 Å². The molecule has 3 N–H and O–H groups in total. The van der Waals surface area contributed by atoms with Crippen LogP contribution in [0.25, 0.3) is 6.08 Å². The number of pyridine rings is 1. The summed E-state index contributed by atoms with van der Waals surface area (Å²) in [4.78, 5) is 4.05. The van der Waals surface area contributed by atoms with Crippen molar-refractivity contribution in [3.8, 4) is 0 Å². The van der Waals surface area contributed by atoms with Crippen LogP contribution in [0.2, 0.25) is 0 Å². The van der Waals surface area contributed by atoms with Gasteiger partial charge in [-0.05, 0) is 45.4 Å². The van der Waals surface area contributed by atoms with Gasteiger partial charge in [-0.2, -0.15) is 0 Å². The minimum absolute atomic E-state index is 0.315. The quantitative estimate of drug-likeness (QED) is 0.495. The van der Waals surface area contributed by atoms with Crippen molar-refractivity contribution in [1.29, 1.82) is 0 Å². The number of nitrogens with two attached hydrogens (primary N) is 1. The Morgan fingerprint density at radius 1 is 1.26 bits per heavy atom. The molecule has 6 heteroatoms. The van der Waals surface area contributed by atoms with Crippen molar-refractivity contribution in [1.82, 2.24) is 4.98 Å². The van der Waals surface area contributed by atoms with Crippen LogP contribution in [0.5, 0.6) is 0 Å². The van der Waals surface area contributed by atoms with E-state index in [-0.39, 0.29) is 18.3 Å². The average molecular weight is 261 g/mol. The van der Waals surface area contributed by atoms with Crippen molar-refractivity contribution in [2.75, 3.05) is 5.43 Å². The van der Waals surface area contributed by atoms with Gasteiger partial charge in [-0.25, -0.2) is 10.8 Å². The van der Waals surface area contributed by atoms with Gasteiger partial charge < -0.3 is 14.7 Å². The molecule has 1 aromatic heterocycles. The standard InChI is InChI=1S/C13H20BN3O2/c1-12(2)13(3,4)19-14(18-12)7-5-10-6-8-16-11(9-10)17-15/h5-9H,15H2,1-4H3,(H,16,17)/b7-5+. The second-order valence-electron chi connectivity index (χ2n) is 5.60. The summed E-state index contributed by atoms with van der Waals surface area (Å²) in [6, 6.07) is 3.74. The lowest BCUT2D eigenvalue weighted by Gasteiger charge is -2.32. The van der Waals surface area contributed by atoms with Gasteiger partial charge >= 0.3 is 7.12 Å². The molecule has 1 aliphatic heterocycles. The number of anilines is 1. The third-order valence-corrected chi connectivity index (χ3v) is 3.65. The predicted octanol–water partition coefficient (Wildman–Crippen LogP) is 2.01.